The van der Waals surface area contributed by atoms with E-state index >= 15 is 0 Å². The Morgan fingerprint density at radius 3 is 2.89 bits per heavy atom. The highest BCUT2D eigenvalue weighted by Crippen LogP contribution is 2.38. The fraction of sp³-hybridized carbons (Fsp3) is 0.286. The quantitative estimate of drug-likeness (QED) is 0.912. The summed E-state index contributed by atoms with van der Waals surface area (Å²) in [5, 5.41) is 7.27. The van der Waals surface area contributed by atoms with E-state index in [9.17, 15) is 0 Å². The molecule has 0 saturated heterocycles. The van der Waals surface area contributed by atoms with Crippen LogP contribution in [0.3, 0.4) is 0 Å². The van der Waals surface area contributed by atoms with Crippen LogP contribution in [-0.4, -0.2) is 13.8 Å². The first-order chi connectivity index (χ1) is 9.36. The van der Waals surface area contributed by atoms with E-state index < -0.39 is 0 Å². The SMILES string of the molecule is CNCc1cc2c(cc1OCc1ccsc1)OCO2. The fourth-order valence-electron chi connectivity index (χ4n) is 1.96. The third-order valence-corrected chi connectivity index (χ3v) is 3.63. The van der Waals surface area contributed by atoms with Crippen molar-refractivity contribution in [1.82, 2.24) is 5.32 Å². The Morgan fingerprint density at radius 2 is 2.16 bits per heavy atom. The van der Waals surface area contributed by atoms with Gasteiger partial charge in [0.15, 0.2) is 11.5 Å². The molecule has 0 bridgehead atoms. The molecule has 0 amide bonds. The molecule has 0 aliphatic carbocycles. The maximum atomic E-state index is 5.89. The van der Waals surface area contributed by atoms with E-state index in [4.69, 9.17) is 14.2 Å². The Labute approximate surface area is 115 Å². The molecule has 0 radical (unpaired) electrons. The van der Waals surface area contributed by atoms with Gasteiger partial charge in [-0.2, -0.15) is 11.3 Å². The summed E-state index contributed by atoms with van der Waals surface area (Å²) in [5.41, 5.74) is 2.25. The van der Waals surface area contributed by atoms with Crippen molar-refractivity contribution >= 4 is 11.3 Å². The molecule has 1 aliphatic rings. The van der Waals surface area contributed by atoms with E-state index in [-0.39, 0.29) is 6.79 Å². The average Bonchev–Trinajstić information content (AvgIpc) is 3.07. The molecule has 0 fully saturated rings. The van der Waals surface area contributed by atoms with Crippen LogP contribution in [-0.2, 0) is 13.2 Å². The van der Waals surface area contributed by atoms with Crippen LogP contribution in [0.2, 0.25) is 0 Å². The van der Waals surface area contributed by atoms with Crippen LogP contribution in [0, 0.1) is 0 Å². The molecule has 100 valence electrons. The van der Waals surface area contributed by atoms with Gasteiger partial charge in [0.2, 0.25) is 6.79 Å². The zero-order valence-electron chi connectivity index (χ0n) is 10.6. The summed E-state index contributed by atoms with van der Waals surface area (Å²) in [7, 11) is 1.91. The van der Waals surface area contributed by atoms with Crippen molar-refractivity contribution in [1.29, 1.82) is 0 Å². The number of ether oxygens (including phenoxy) is 3. The second-order valence-electron chi connectivity index (χ2n) is 4.26. The monoisotopic (exact) mass is 277 g/mol. The number of nitrogens with one attached hydrogen (secondary N) is 1. The largest absolute Gasteiger partial charge is 0.488 e. The van der Waals surface area contributed by atoms with E-state index in [0.29, 0.717) is 6.61 Å². The summed E-state index contributed by atoms with van der Waals surface area (Å²) in [6.45, 7) is 1.58. The highest BCUT2D eigenvalue weighted by molar-refractivity contribution is 7.07. The van der Waals surface area contributed by atoms with Crippen LogP contribution in [0.1, 0.15) is 11.1 Å². The van der Waals surface area contributed by atoms with Crippen LogP contribution in [0.15, 0.2) is 29.0 Å². The molecule has 2 heterocycles. The molecule has 3 rings (SSSR count). The van der Waals surface area contributed by atoms with E-state index in [1.54, 1.807) is 11.3 Å². The second kappa shape index (κ2) is 5.50. The van der Waals surface area contributed by atoms with Gasteiger partial charge < -0.3 is 19.5 Å². The highest BCUT2D eigenvalue weighted by atomic mass is 32.1. The van der Waals surface area contributed by atoms with Crippen LogP contribution >= 0.6 is 11.3 Å². The normalized spacial score (nSPS) is 12.7. The average molecular weight is 277 g/mol. The van der Waals surface area contributed by atoms with Gasteiger partial charge in [0, 0.05) is 18.2 Å². The summed E-state index contributed by atoms with van der Waals surface area (Å²) in [5.74, 6) is 2.37. The molecule has 5 heteroatoms. The maximum Gasteiger partial charge on any atom is 0.231 e. The minimum absolute atomic E-state index is 0.280. The van der Waals surface area contributed by atoms with Gasteiger partial charge >= 0.3 is 0 Å². The van der Waals surface area contributed by atoms with Crippen LogP contribution < -0.4 is 19.5 Å². The molecule has 1 aromatic carbocycles. The molecule has 1 aromatic heterocycles. The predicted octanol–water partition coefficient (Wildman–Crippen LogP) is 2.78. The van der Waals surface area contributed by atoms with Gasteiger partial charge in [0.25, 0.3) is 0 Å². The maximum absolute atomic E-state index is 5.89. The van der Waals surface area contributed by atoms with Crippen molar-refractivity contribution in [2.24, 2.45) is 0 Å². The number of rotatable bonds is 5. The first-order valence-corrected chi connectivity index (χ1v) is 7.02. The van der Waals surface area contributed by atoms with Gasteiger partial charge in [-0.3, -0.25) is 0 Å². The van der Waals surface area contributed by atoms with Crippen LogP contribution in [0.5, 0.6) is 17.2 Å². The van der Waals surface area contributed by atoms with Gasteiger partial charge in [-0.15, -0.1) is 0 Å². The molecule has 4 nitrogen and oxygen atoms in total. The van der Waals surface area contributed by atoms with E-state index in [1.165, 1.54) is 5.56 Å². The van der Waals surface area contributed by atoms with Gasteiger partial charge in [-0.25, -0.2) is 0 Å². The fourth-order valence-corrected chi connectivity index (χ4v) is 2.62. The first kappa shape index (κ1) is 12.3. The highest BCUT2D eigenvalue weighted by Gasteiger charge is 2.17. The zero-order chi connectivity index (χ0) is 13.1. The Morgan fingerprint density at radius 1 is 1.32 bits per heavy atom. The molecule has 1 N–H and O–H groups in total. The van der Waals surface area contributed by atoms with Gasteiger partial charge in [0.05, 0.1) is 0 Å². The van der Waals surface area contributed by atoms with Gasteiger partial charge in [-0.1, -0.05) is 0 Å². The summed E-state index contributed by atoms with van der Waals surface area (Å²) in [4.78, 5) is 0. The van der Waals surface area contributed by atoms with Gasteiger partial charge in [-0.05, 0) is 35.5 Å². The number of hydrogen-bond donors (Lipinski definition) is 1. The Bertz CT molecular complexity index is 554. The number of fused-ring (bicyclic) bond motifs is 1. The van der Waals surface area contributed by atoms with Gasteiger partial charge in [0.1, 0.15) is 12.4 Å². The van der Waals surface area contributed by atoms with Crippen LogP contribution in [0.4, 0.5) is 0 Å². The standard InChI is InChI=1S/C14H15NO3S/c1-15-6-11-4-13-14(18-9-17-13)5-12(11)16-7-10-2-3-19-8-10/h2-5,8,15H,6-7,9H2,1H3. The van der Waals surface area contributed by atoms with Crippen LogP contribution in [0.25, 0.3) is 0 Å². The van der Waals surface area contributed by atoms with Crippen molar-refractivity contribution in [3.63, 3.8) is 0 Å². The molecule has 1 aliphatic heterocycles. The molecule has 0 spiro atoms. The third kappa shape index (κ3) is 2.67. The molecule has 0 atom stereocenters. The lowest BCUT2D eigenvalue weighted by Crippen LogP contribution is -2.07. The van der Waals surface area contributed by atoms with Crippen molar-refractivity contribution in [3.05, 3.63) is 40.1 Å². The lowest BCUT2D eigenvalue weighted by molar-refractivity contribution is 0.173. The van der Waals surface area contributed by atoms with Crippen molar-refractivity contribution < 1.29 is 14.2 Å². The van der Waals surface area contributed by atoms with E-state index in [2.05, 4.69) is 16.8 Å². The summed E-state index contributed by atoms with van der Waals surface area (Å²) < 4.78 is 16.7. The molecule has 19 heavy (non-hydrogen) atoms. The minimum atomic E-state index is 0.280. The lowest BCUT2D eigenvalue weighted by Gasteiger charge is -2.12. The third-order valence-electron chi connectivity index (χ3n) is 2.90. The lowest BCUT2D eigenvalue weighted by atomic mass is 10.1. The molecule has 0 unspecified atom stereocenters. The van der Waals surface area contributed by atoms with E-state index in [0.717, 1.165) is 29.4 Å². The Balaban J connectivity index is 1.82. The minimum Gasteiger partial charge on any atom is -0.488 e. The van der Waals surface area contributed by atoms with Crippen molar-refractivity contribution in [3.8, 4) is 17.2 Å². The molecular weight excluding hydrogens is 262 g/mol. The molecular formula is C14H15NO3S. The number of hydrogen-bond acceptors (Lipinski definition) is 5. The Kier molecular flexibility index (Phi) is 3.57. The second-order valence-corrected chi connectivity index (χ2v) is 5.04. The van der Waals surface area contributed by atoms with Crippen molar-refractivity contribution in [2.75, 3.05) is 13.8 Å². The Hall–Kier alpha value is -1.72. The summed E-state index contributed by atoms with van der Waals surface area (Å²) in [6.07, 6.45) is 0. The first-order valence-electron chi connectivity index (χ1n) is 6.08. The molecule has 2 aromatic rings. The van der Waals surface area contributed by atoms with E-state index in [1.807, 2.05) is 24.6 Å². The summed E-state index contributed by atoms with van der Waals surface area (Å²) in [6, 6.07) is 5.94. The number of benzene rings is 1. The number of thiophene rings is 1. The molecule has 0 saturated carbocycles. The predicted molar refractivity (Wildman–Crippen MR) is 74.0 cm³/mol. The topological polar surface area (TPSA) is 39.7 Å². The zero-order valence-corrected chi connectivity index (χ0v) is 11.5. The van der Waals surface area contributed by atoms with Crippen molar-refractivity contribution in [2.45, 2.75) is 13.2 Å². The summed E-state index contributed by atoms with van der Waals surface area (Å²) >= 11 is 1.67. The smallest absolute Gasteiger partial charge is 0.231 e.